The monoisotopic (exact) mass is 216 g/mol. The van der Waals surface area contributed by atoms with Gasteiger partial charge in [0.05, 0.1) is 5.41 Å². The molecule has 0 heterocycles. The molecule has 0 saturated heterocycles. The molecular formula is C11H24N2O2. The van der Waals surface area contributed by atoms with Crippen LogP contribution in [0.3, 0.4) is 0 Å². The second-order valence-electron chi connectivity index (χ2n) is 4.34. The van der Waals surface area contributed by atoms with E-state index in [4.69, 9.17) is 4.74 Å². The van der Waals surface area contributed by atoms with E-state index in [2.05, 4.69) is 10.6 Å². The molecule has 4 nitrogen and oxygen atoms in total. The van der Waals surface area contributed by atoms with Gasteiger partial charge in [0.15, 0.2) is 0 Å². The van der Waals surface area contributed by atoms with E-state index in [0.717, 1.165) is 26.0 Å². The zero-order chi connectivity index (χ0) is 11.7. The molecule has 0 aliphatic carbocycles. The van der Waals surface area contributed by atoms with Gasteiger partial charge in [0.1, 0.15) is 0 Å². The molecule has 0 fully saturated rings. The number of carbonyl (C=O) groups excluding carboxylic acids is 1. The topological polar surface area (TPSA) is 50.4 Å². The van der Waals surface area contributed by atoms with Gasteiger partial charge < -0.3 is 15.4 Å². The fourth-order valence-corrected chi connectivity index (χ4v) is 1.32. The summed E-state index contributed by atoms with van der Waals surface area (Å²) in [6.45, 7) is 6.33. The van der Waals surface area contributed by atoms with Crippen LogP contribution in [0.1, 0.15) is 26.7 Å². The van der Waals surface area contributed by atoms with E-state index in [1.807, 2.05) is 13.8 Å². The molecule has 90 valence electrons. The van der Waals surface area contributed by atoms with Gasteiger partial charge in [-0.25, -0.2) is 0 Å². The normalized spacial score (nSPS) is 11.5. The summed E-state index contributed by atoms with van der Waals surface area (Å²) in [5, 5.41) is 5.95. The first kappa shape index (κ1) is 14.4. The standard InChI is InChI=1S/C11H24N2O2/c1-11(2,10(14)12-3)9-13-7-5-6-8-15-4/h13H,5-9H2,1-4H3,(H,12,14). The lowest BCUT2D eigenvalue weighted by Gasteiger charge is -2.22. The number of ether oxygens (including phenoxy) is 1. The molecule has 0 rings (SSSR count). The van der Waals surface area contributed by atoms with E-state index in [1.165, 1.54) is 0 Å². The molecule has 0 aliphatic rings. The minimum Gasteiger partial charge on any atom is -0.385 e. The smallest absolute Gasteiger partial charge is 0.226 e. The van der Waals surface area contributed by atoms with Crippen LogP contribution in [-0.2, 0) is 9.53 Å². The molecular weight excluding hydrogens is 192 g/mol. The summed E-state index contributed by atoms with van der Waals surface area (Å²) in [7, 11) is 3.38. The van der Waals surface area contributed by atoms with Crippen LogP contribution in [0.5, 0.6) is 0 Å². The lowest BCUT2D eigenvalue weighted by atomic mass is 9.92. The zero-order valence-corrected chi connectivity index (χ0v) is 10.4. The first-order valence-corrected chi connectivity index (χ1v) is 5.46. The van der Waals surface area contributed by atoms with Crippen LogP contribution >= 0.6 is 0 Å². The third-order valence-corrected chi connectivity index (χ3v) is 2.36. The van der Waals surface area contributed by atoms with Gasteiger partial charge in [-0.3, -0.25) is 4.79 Å². The van der Waals surface area contributed by atoms with Crippen molar-refractivity contribution in [1.29, 1.82) is 0 Å². The minimum absolute atomic E-state index is 0.0758. The number of hydrogen-bond acceptors (Lipinski definition) is 3. The molecule has 0 aromatic carbocycles. The van der Waals surface area contributed by atoms with Crippen LogP contribution in [0.2, 0.25) is 0 Å². The predicted octanol–water partition coefficient (Wildman–Crippen LogP) is 0.775. The van der Waals surface area contributed by atoms with E-state index in [0.29, 0.717) is 6.54 Å². The summed E-state index contributed by atoms with van der Waals surface area (Å²) in [6.07, 6.45) is 2.14. The molecule has 15 heavy (non-hydrogen) atoms. The van der Waals surface area contributed by atoms with Crippen molar-refractivity contribution in [2.75, 3.05) is 33.9 Å². The van der Waals surface area contributed by atoms with Crippen LogP contribution in [-0.4, -0.2) is 39.8 Å². The SMILES string of the molecule is CNC(=O)C(C)(C)CNCCCCOC. The Hall–Kier alpha value is -0.610. The maximum absolute atomic E-state index is 11.4. The summed E-state index contributed by atoms with van der Waals surface area (Å²) in [4.78, 5) is 11.4. The van der Waals surface area contributed by atoms with Gasteiger partial charge in [-0.05, 0) is 33.2 Å². The van der Waals surface area contributed by atoms with Gasteiger partial charge in [-0.15, -0.1) is 0 Å². The Kier molecular flexibility index (Phi) is 7.34. The van der Waals surface area contributed by atoms with Crippen molar-refractivity contribution in [3.8, 4) is 0 Å². The summed E-state index contributed by atoms with van der Waals surface area (Å²) in [5.41, 5.74) is -0.337. The Bertz CT molecular complexity index is 181. The maximum atomic E-state index is 11.4. The highest BCUT2D eigenvalue weighted by Gasteiger charge is 2.25. The zero-order valence-electron chi connectivity index (χ0n) is 10.4. The van der Waals surface area contributed by atoms with Crippen molar-refractivity contribution in [3.05, 3.63) is 0 Å². The molecule has 0 unspecified atom stereocenters. The summed E-state index contributed by atoms with van der Waals surface area (Å²) < 4.78 is 4.95. The van der Waals surface area contributed by atoms with E-state index in [9.17, 15) is 4.79 Å². The van der Waals surface area contributed by atoms with E-state index in [1.54, 1.807) is 14.2 Å². The highest BCUT2D eigenvalue weighted by atomic mass is 16.5. The van der Waals surface area contributed by atoms with Crippen LogP contribution in [0.15, 0.2) is 0 Å². The Morgan fingerprint density at radius 2 is 2.00 bits per heavy atom. The molecule has 0 radical (unpaired) electrons. The number of carbonyl (C=O) groups is 1. The van der Waals surface area contributed by atoms with Crippen molar-refractivity contribution >= 4 is 5.91 Å². The Balaban J connectivity index is 3.53. The lowest BCUT2D eigenvalue weighted by Crippen LogP contribution is -2.42. The van der Waals surface area contributed by atoms with Crippen molar-refractivity contribution in [2.24, 2.45) is 5.41 Å². The second kappa shape index (κ2) is 7.65. The highest BCUT2D eigenvalue weighted by Crippen LogP contribution is 2.12. The number of rotatable bonds is 8. The molecule has 0 saturated carbocycles. The number of nitrogens with one attached hydrogen (secondary N) is 2. The Labute approximate surface area is 92.8 Å². The molecule has 0 bridgehead atoms. The largest absolute Gasteiger partial charge is 0.385 e. The van der Waals surface area contributed by atoms with Gasteiger partial charge in [0.2, 0.25) is 5.91 Å². The van der Waals surface area contributed by atoms with E-state index >= 15 is 0 Å². The number of methoxy groups -OCH3 is 1. The van der Waals surface area contributed by atoms with Crippen LogP contribution in [0.25, 0.3) is 0 Å². The van der Waals surface area contributed by atoms with Crippen molar-refractivity contribution in [3.63, 3.8) is 0 Å². The Morgan fingerprint density at radius 1 is 1.33 bits per heavy atom. The molecule has 0 aromatic rings. The van der Waals surface area contributed by atoms with Crippen molar-refractivity contribution in [1.82, 2.24) is 10.6 Å². The van der Waals surface area contributed by atoms with E-state index < -0.39 is 0 Å². The fraction of sp³-hybridized carbons (Fsp3) is 0.909. The predicted molar refractivity (Wildman–Crippen MR) is 61.8 cm³/mol. The second-order valence-corrected chi connectivity index (χ2v) is 4.34. The summed E-state index contributed by atoms with van der Waals surface area (Å²) >= 11 is 0. The molecule has 2 N–H and O–H groups in total. The molecule has 0 aromatic heterocycles. The number of amides is 1. The van der Waals surface area contributed by atoms with Gasteiger partial charge in [-0.2, -0.15) is 0 Å². The van der Waals surface area contributed by atoms with E-state index in [-0.39, 0.29) is 11.3 Å². The molecule has 1 amide bonds. The van der Waals surface area contributed by atoms with Crippen LogP contribution in [0, 0.1) is 5.41 Å². The summed E-state index contributed by atoms with van der Waals surface area (Å²) in [6, 6.07) is 0. The van der Waals surface area contributed by atoms with Gasteiger partial charge in [0, 0.05) is 27.3 Å². The fourth-order valence-electron chi connectivity index (χ4n) is 1.32. The third-order valence-electron chi connectivity index (χ3n) is 2.36. The Morgan fingerprint density at radius 3 is 2.53 bits per heavy atom. The lowest BCUT2D eigenvalue weighted by molar-refractivity contribution is -0.128. The number of hydrogen-bond donors (Lipinski definition) is 2. The van der Waals surface area contributed by atoms with Gasteiger partial charge >= 0.3 is 0 Å². The average Bonchev–Trinajstić information content (AvgIpc) is 2.22. The first-order valence-electron chi connectivity index (χ1n) is 5.46. The molecule has 0 spiro atoms. The maximum Gasteiger partial charge on any atom is 0.226 e. The van der Waals surface area contributed by atoms with Gasteiger partial charge in [0.25, 0.3) is 0 Å². The van der Waals surface area contributed by atoms with Crippen molar-refractivity contribution in [2.45, 2.75) is 26.7 Å². The average molecular weight is 216 g/mol. The highest BCUT2D eigenvalue weighted by molar-refractivity contribution is 5.81. The minimum atomic E-state index is -0.337. The van der Waals surface area contributed by atoms with Gasteiger partial charge in [-0.1, -0.05) is 0 Å². The molecule has 0 aliphatic heterocycles. The number of unbranched alkanes of at least 4 members (excludes halogenated alkanes) is 1. The first-order chi connectivity index (χ1) is 7.04. The van der Waals surface area contributed by atoms with Crippen LogP contribution < -0.4 is 10.6 Å². The quantitative estimate of drug-likeness (QED) is 0.589. The molecule has 4 heteroatoms. The molecule has 0 atom stereocenters. The van der Waals surface area contributed by atoms with Crippen LogP contribution in [0.4, 0.5) is 0 Å². The third kappa shape index (κ3) is 6.47. The van der Waals surface area contributed by atoms with Crippen molar-refractivity contribution < 1.29 is 9.53 Å². The summed E-state index contributed by atoms with van der Waals surface area (Å²) in [5.74, 6) is 0.0758.